The first kappa shape index (κ1) is 15.5. The Labute approximate surface area is 115 Å². The van der Waals surface area contributed by atoms with Gasteiger partial charge in [0.2, 0.25) is 0 Å². The van der Waals surface area contributed by atoms with Crippen LogP contribution in [0.4, 0.5) is 4.79 Å². The highest BCUT2D eigenvalue weighted by Gasteiger charge is 2.19. The second-order valence-electron chi connectivity index (χ2n) is 3.94. The first-order chi connectivity index (χ1) is 9.45. The molecular weight excluding hydrogens is 268 g/mol. The maximum atomic E-state index is 11.4. The summed E-state index contributed by atoms with van der Waals surface area (Å²) in [5.74, 6) is -3.04. The minimum Gasteiger partial charge on any atom is -0.477 e. The number of hydrogen-bond donors (Lipinski definition) is 3. The van der Waals surface area contributed by atoms with Gasteiger partial charge in [0.15, 0.2) is 5.57 Å². The fraction of sp³-hybridized carbons (Fsp3) is 0.417. The van der Waals surface area contributed by atoms with E-state index in [4.69, 9.17) is 14.9 Å². The minimum atomic E-state index is -1.52. The van der Waals surface area contributed by atoms with Crippen LogP contribution in [0.15, 0.2) is 23.5 Å². The molecule has 0 aromatic rings. The van der Waals surface area contributed by atoms with Crippen LogP contribution >= 0.6 is 0 Å². The molecule has 3 N–H and O–H groups in total. The van der Waals surface area contributed by atoms with E-state index in [2.05, 4.69) is 5.32 Å². The van der Waals surface area contributed by atoms with Crippen LogP contribution in [-0.4, -0.2) is 52.8 Å². The number of amides is 1. The normalized spacial score (nSPS) is 14.1. The fourth-order valence-electron chi connectivity index (χ4n) is 1.56. The first-order valence-electron chi connectivity index (χ1n) is 5.99. The summed E-state index contributed by atoms with van der Waals surface area (Å²) in [4.78, 5) is 34.2. The lowest BCUT2D eigenvalue weighted by atomic mass is 10.2. The number of nitrogens with zero attached hydrogens (tertiary/aromatic N) is 1. The van der Waals surface area contributed by atoms with Crippen molar-refractivity contribution in [1.82, 2.24) is 10.2 Å². The van der Waals surface area contributed by atoms with Crippen LogP contribution in [-0.2, 0) is 14.3 Å². The molecule has 0 fully saturated rings. The number of carboxylic acids is 2. The summed E-state index contributed by atoms with van der Waals surface area (Å²) in [5, 5.41) is 20.0. The van der Waals surface area contributed by atoms with Gasteiger partial charge in [-0.05, 0) is 13.0 Å². The second kappa shape index (κ2) is 7.17. The number of hydrogen-bond acceptors (Lipinski definition) is 5. The van der Waals surface area contributed by atoms with E-state index in [1.807, 2.05) is 0 Å². The van der Waals surface area contributed by atoms with Crippen LogP contribution in [0, 0.1) is 0 Å². The number of nitrogens with one attached hydrogen (secondary N) is 1. The number of aliphatic carboxylic acids is 2. The van der Waals surface area contributed by atoms with E-state index in [-0.39, 0.29) is 0 Å². The molecule has 1 rings (SSSR count). The van der Waals surface area contributed by atoms with E-state index in [0.717, 1.165) is 6.20 Å². The third kappa shape index (κ3) is 4.30. The van der Waals surface area contributed by atoms with Gasteiger partial charge in [-0.3, -0.25) is 0 Å². The summed E-state index contributed by atoms with van der Waals surface area (Å²) in [7, 11) is 0. The van der Waals surface area contributed by atoms with Gasteiger partial charge in [0.25, 0.3) is 0 Å². The molecule has 1 aliphatic heterocycles. The van der Waals surface area contributed by atoms with E-state index in [0.29, 0.717) is 31.8 Å². The second-order valence-corrected chi connectivity index (χ2v) is 3.94. The molecule has 0 unspecified atom stereocenters. The van der Waals surface area contributed by atoms with Gasteiger partial charge < -0.3 is 25.2 Å². The SMILES string of the molecule is CCOC(=O)N1CC=C(NC=C(C(=O)O)C(=O)O)CC1. The van der Waals surface area contributed by atoms with Crippen molar-refractivity contribution in [3.8, 4) is 0 Å². The molecule has 8 heteroatoms. The molecule has 1 aliphatic rings. The van der Waals surface area contributed by atoms with Crippen LogP contribution < -0.4 is 5.32 Å². The van der Waals surface area contributed by atoms with E-state index in [9.17, 15) is 14.4 Å². The molecule has 0 bridgehead atoms. The highest BCUT2D eigenvalue weighted by atomic mass is 16.6. The molecule has 0 aromatic heterocycles. The molecule has 0 aliphatic carbocycles. The average molecular weight is 284 g/mol. The summed E-state index contributed by atoms with van der Waals surface area (Å²) in [6, 6.07) is 0. The summed E-state index contributed by atoms with van der Waals surface area (Å²) in [6.07, 6.45) is 2.66. The Balaban J connectivity index is 2.60. The van der Waals surface area contributed by atoms with Crippen LogP contribution in [0.25, 0.3) is 0 Å². The third-order valence-corrected chi connectivity index (χ3v) is 2.60. The zero-order valence-electron chi connectivity index (χ0n) is 11.0. The van der Waals surface area contributed by atoms with Crippen molar-refractivity contribution in [3.05, 3.63) is 23.5 Å². The summed E-state index contributed by atoms with van der Waals surface area (Å²) in [5.41, 5.74) is -0.0933. The van der Waals surface area contributed by atoms with Gasteiger partial charge >= 0.3 is 18.0 Å². The van der Waals surface area contributed by atoms with E-state index in [1.54, 1.807) is 13.0 Å². The predicted octanol–water partition coefficient (Wildman–Crippen LogP) is 0.375. The minimum absolute atomic E-state index is 0.299. The monoisotopic (exact) mass is 284 g/mol. The van der Waals surface area contributed by atoms with Crippen LogP contribution in [0.1, 0.15) is 13.3 Å². The van der Waals surface area contributed by atoms with Crippen molar-refractivity contribution < 1.29 is 29.3 Å². The van der Waals surface area contributed by atoms with Crippen molar-refractivity contribution in [2.45, 2.75) is 13.3 Å². The molecule has 0 radical (unpaired) electrons. The van der Waals surface area contributed by atoms with E-state index >= 15 is 0 Å². The molecule has 1 amide bonds. The van der Waals surface area contributed by atoms with E-state index in [1.165, 1.54) is 4.90 Å². The lowest BCUT2D eigenvalue weighted by Crippen LogP contribution is -2.36. The third-order valence-electron chi connectivity index (χ3n) is 2.60. The maximum absolute atomic E-state index is 11.4. The molecule has 0 saturated carbocycles. The fourth-order valence-corrected chi connectivity index (χ4v) is 1.56. The number of carboxylic acid groups (broad SMARTS) is 2. The highest BCUT2D eigenvalue weighted by molar-refractivity contribution is 6.12. The smallest absolute Gasteiger partial charge is 0.410 e. The van der Waals surface area contributed by atoms with Gasteiger partial charge in [0.1, 0.15) is 0 Å². The van der Waals surface area contributed by atoms with Crippen LogP contribution in [0.3, 0.4) is 0 Å². The summed E-state index contributed by atoms with van der Waals surface area (Å²) >= 11 is 0. The number of carbonyl (C=O) groups is 3. The standard InChI is InChI=1S/C12H16N2O6/c1-2-20-12(19)14-5-3-8(4-6-14)13-7-9(10(15)16)11(17)18/h3,7,13H,2,4-6H2,1H3,(H,15,16)(H,17,18). The molecule has 1 heterocycles. The van der Waals surface area contributed by atoms with Crippen molar-refractivity contribution >= 4 is 18.0 Å². The zero-order valence-corrected chi connectivity index (χ0v) is 11.0. The molecule has 0 atom stereocenters. The Morgan fingerprint density at radius 3 is 2.50 bits per heavy atom. The molecule has 110 valence electrons. The zero-order chi connectivity index (χ0) is 15.1. The maximum Gasteiger partial charge on any atom is 0.410 e. The summed E-state index contributed by atoms with van der Waals surface area (Å²) < 4.78 is 4.85. The van der Waals surface area contributed by atoms with E-state index < -0.39 is 23.6 Å². The Kier molecular flexibility index (Phi) is 5.57. The predicted molar refractivity (Wildman–Crippen MR) is 67.8 cm³/mol. The Morgan fingerprint density at radius 1 is 1.40 bits per heavy atom. The first-order valence-corrected chi connectivity index (χ1v) is 5.99. The summed E-state index contributed by atoms with van der Waals surface area (Å²) in [6.45, 7) is 2.76. The Morgan fingerprint density at radius 2 is 2.05 bits per heavy atom. The van der Waals surface area contributed by atoms with Gasteiger partial charge in [0.05, 0.1) is 6.61 Å². The van der Waals surface area contributed by atoms with Gasteiger partial charge in [-0.15, -0.1) is 0 Å². The molecule has 8 nitrogen and oxygen atoms in total. The average Bonchev–Trinajstić information content (AvgIpc) is 2.39. The van der Waals surface area contributed by atoms with Crippen LogP contribution in [0.5, 0.6) is 0 Å². The lowest BCUT2D eigenvalue weighted by molar-refractivity contribution is -0.140. The van der Waals surface area contributed by atoms with Gasteiger partial charge in [-0.25, -0.2) is 14.4 Å². The quantitative estimate of drug-likeness (QED) is 0.379. The molecular formula is C12H16N2O6. The van der Waals surface area contributed by atoms with Crippen LogP contribution in [0.2, 0.25) is 0 Å². The molecule has 0 saturated heterocycles. The Hall–Kier alpha value is -2.51. The van der Waals surface area contributed by atoms with Gasteiger partial charge in [-0.2, -0.15) is 0 Å². The van der Waals surface area contributed by atoms with Crippen molar-refractivity contribution in [2.75, 3.05) is 19.7 Å². The largest absolute Gasteiger partial charge is 0.477 e. The Bertz CT molecular complexity index is 453. The number of ether oxygens (including phenoxy) is 1. The van der Waals surface area contributed by atoms with Crippen molar-refractivity contribution in [2.24, 2.45) is 0 Å². The van der Waals surface area contributed by atoms with Crippen molar-refractivity contribution in [3.63, 3.8) is 0 Å². The number of carbonyl (C=O) groups excluding carboxylic acids is 1. The topological polar surface area (TPSA) is 116 Å². The highest BCUT2D eigenvalue weighted by Crippen LogP contribution is 2.10. The van der Waals surface area contributed by atoms with Crippen molar-refractivity contribution in [1.29, 1.82) is 0 Å². The molecule has 20 heavy (non-hydrogen) atoms. The van der Waals surface area contributed by atoms with Gasteiger partial charge in [-0.1, -0.05) is 0 Å². The lowest BCUT2D eigenvalue weighted by Gasteiger charge is -2.25. The number of rotatable bonds is 5. The van der Waals surface area contributed by atoms with Gasteiger partial charge in [0, 0.05) is 31.4 Å². The molecule has 0 aromatic carbocycles. The molecule has 0 spiro atoms.